The van der Waals surface area contributed by atoms with Crippen molar-refractivity contribution in [3.63, 3.8) is 0 Å². The molecule has 0 spiro atoms. The standard InChI is InChI=1S/C12H11FOS/c1-9-2-3-11(6-12(9)13)14-7-10-4-5-15-8-10/h2-6,8H,7H2,1H3. The molecule has 15 heavy (non-hydrogen) atoms. The second-order valence-electron chi connectivity index (χ2n) is 3.33. The van der Waals surface area contributed by atoms with Gasteiger partial charge in [-0.05, 0) is 40.9 Å². The number of rotatable bonds is 3. The molecule has 0 bridgehead atoms. The van der Waals surface area contributed by atoms with E-state index in [1.54, 1.807) is 30.4 Å². The molecule has 2 rings (SSSR count). The summed E-state index contributed by atoms with van der Waals surface area (Å²) in [6, 6.07) is 6.92. The maximum Gasteiger partial charge on any atom is 0.129 e. The quantitative estimate of drug-likeness (QED) is 0.768. The Morgan fingerprint density at radius 1 is 1.33 bits per heavy atom. The van der Waals surface area contributed by atoms with Gasteiger partial charge >= 0.3 is 0 Å². The fraction of sp³-hybridized carbons (Fsp3) is 0.167. The van der Waals surface area contributed by atoms with Gasteiger partial charge in [-0.1, -0.05) is 6.07 Å². The molecular formula is C12H11FOS. The van der Waals surface area contributed by atoms with Gasteiger partial charge in [0.25, 0.3) is 0 Å². The molecule has 0 saturated heterocycles. The van der Waals surface area contributed by atoms with Gasteiger partial charge in [0.05, 0.1) is 0 Å². The third-order valence-corrected chi connectivity index (χ3v) is 2.86. The van der Waals surface area contributed by atoms with E-state index < -0.39 is 0 Å². The molecule has 0 aliphatic rings. The summed E-state index contributed by atoms with van der Waals surface area (Å²) in [5.41, 5.74) is 1.75. The summed E-state index contributed by atoms with van der Waals surface area (Å²) in [5, 5.41) is 4.01. The van der Waals surface area contributed by atoms with E-state index in [9.17, 15) is 4.39 Å². The van der Waals surface area contributed by atoms with Crippen molar-refractivity contribution in [1.29, 1.82) is 0 Å². The molecular weight excluding hydrogens is 211 g/mol. The molecule has 1 heterocycles. The third-order valence-electron chi connectivity index (χ3n) is 2.13. The van der Waals surface area contributed by atoms with E-state index in [1.807, 2.05) is 16.8 Å². The molecule has 1 aromatic heterocycles. The van der Waals surface area contributed by atoms with Crippen LogP contribution in [-0.4, -0.2) is 0 Å². The van der Waals surface area contributed by atoms with Crippen molar-refractivity contribution >= 4 is 11.3 Å². The zero-order valence-electron chi connectivity index (χ0n) is 8.37. The Morgan fingerprint density at radius 3 is 2.87 bits per heavy atom. The summed E-state index contributed by atoms with van der Waals surface area (Å²) < 4.78 is 18.6. The van der Waals surface area contributed by atoms with Crippen LogP contribution in [-0.2, 0) is 6.61 Å². The highest BCUT2D eigenvalue weighted by molar-refractivity contribution is 7.07. The molecule has 0 radical (unpaired) electrons. The van der Waals surface area contributed by atoms with Crippen LogP contribution in [0.5, 0.6) is 5.75 Å². The van der Waals surface area contributed by atoms with Crippen LogP contribution < -0.4 is 4.74 Å². The molecule has 1 aromatic carbocycles. The molecule has 1 nitrogen and oxygen atoms in total. The normalized spacial score (nSPS) is 10.3. The van der Waals surface area contributed by atoms with Crippen molar-refractivity contribution in [2.24, 2.45) is 0 Å². The fourth-order valence-corrected chi connectivity index (χ4v) is 1.86. The number of thiophene rings is 1. The van der Waals surface area contributed by atoms with Crippen LogP contribution in [0.4, 0.5) is 4.39 Å². The van der Waals surface area contributed by atoms with E-state index >= 15 is 0 Å². The van der Waals surface area contributed by atoms with Crippen LogP contribution in [0.1, 0.15) is 11.1 Å². The average molecular weight is 222 g/mol. The van der Waals surface area contributed by atoms with Gasteiger partial charge in [0.15, 0.2) is 0 Å². The van der Waals surface area contributed by atoms with E-state index in [-0.39, 0.29) is 5.82 Å². The lowest BCUT2D eigenvalue weighted by atomic mass is 10.2. The first-order valence-corrected chi connectivity index (χ1v) is 5.60. The monoisotopic (exact) mass is 222 g/mol. The summed E-state index contributed by atoms with van der Waals surface area (Å²) >= 11 is 1.63. The Hall–Kier alpha value is -1.35. The predicted octanol–water partition coefficient (Wildman–Crippen LogP) is 3.77. The lowest BCUT2D eigenvalue weighted by Crippen LogP contribution is -1.94. The van der Waals surface area contributed by atoms with E-state index in [0.29, 0.717) is 17.9 Å². The molecule has 0 aliphatic carbocycles. The van der Waals surface area contributed by atoms with Gasteiger partial charge in [0, 0.05) is 6.07 Å². The van der Waals surface area contributed by atoms with E-state index in [4.69, 9.17) is 4.74 Å². The summed E-state index contributed by atoms with van der Waals surface area (Å²) in [7, 11) is 0. The summed E-state index contributed by atoms with van der Waals surface area (Å²) in [5.74, 6) is 0.349. The zero-order valence-corrected chi connectivity index (χ0v) is 9.18. The number of hydrogen-bond acceptors (Lipinski definition) is 2. The highest BCUT2D eigenvalue weighted by Crippen LogP contribution is 2.17. The summed E-state index contributed by atoms with van der Waals surface area (Å²) in [6.45, 7) is 2.23. The molecule has 0 fully saturated rings. The second-order valence-corrected chi connectivity index (χ2v) is 4.11. The Balaban J connectivity index is 2.02. The van der Waals surface area contributed by atoms with E-state index in [2.05, 4.69) is 0 Å². The maximum atomic E-state index is 13.2. The Bertz CT molecular complexity index is 437. The first-order valence-electron chi connectivity index (χ1n) is 4.66. The Kier molecular flexibility index (Phi) is 3.02. The second kappa shape index (κ2) is 4.45. The zero-order chi connectivity index (χ0) is 10.7. The molecule has 0 amide bonds. The number of ether oxygens (including phenoxy) is 1. The van der Waals surface area contributed by atoms with Crippen molar-refractivity contribution in [2.45, 2.75) is 13.5 Å². The van der Waals surface area contributed by atoms with Crippen LogP contribution in [0.25, 0.3) is 0 Å². The molecule has 0 atom stereocenters. The first-order chi connectivity index (χ1) is 7.25. The lowest BCUT2D eigenvalue weighted by Gasteiger charge is -2.05. The van der Waals surface area contributed by atoms with Gasteiger partial charge in [-0.15, -0.1) is 0 Å². The summed E-state index contributed by atoms with van der Waals surface area (Å²) in [6.07, 6.45) is 0. The molecule has 0 saturated carbocycles. The molecule has 0 N–H and O–H groups in total. The van der Waals surface area contributed by atoms with Gasteiger partial charge in [-0.2, -0.15) is 11.3 Å². The van der Waals surface area contributed by atoms with Gasteiger partial charge in [0.1, 0.15) is 18.2 Å². The first kappa shape index (κ1) is 10.2. The number of benzene rings is 1. The topological polar surface area (TPSA) is 9.23 Å². The predicted molar refractivity (Wildman–Crippen MR) is 59.8 cm³/mol. The SMILES string of the molecule is Cc1ccc(OCc2ccsc2)cc1F. The van der Waals surface area contributed by atoms with Crippen LogP contribution in [0.2, 0.25) is 0 Å². The van der Waals surface area contributed by atoms with Crippen LogP contribution in [0, 0.1) is 12.7 Å². The minimum absolute atomic E-state index is 0.224. The third kappa shape index (κ3) is 2.57. The van der Waals surface area contributed by atoms with Crippen LogP contribution in [0.15, 0.2) is 35.0 Å². The van der Waals surface area contributed by atoms with E-state index in [1.165, 1.54) is 6.07 Å². The van der Waals surface area contributed by atoms with Crippen molar-refractivity contribution < 1.29 is 9.13 Å². The fourth-order valence-electron chi connectivity index (χ4n) is 1.20. The number of halogens is 1. The lowest BCUT2D eigenvalue weighted by molar-refractivity contribution is 0.305. The van der Waals surface area contributed by atoms with Crippen molar-refractivity contribution in [3.05, 3.63) is 52.0 Å². The smallest absolute Gasteiger partial charge is 0.129 e. The van der Waals surface area contributed by atoms with Crippen molar-refractivity contribution in [3.8, 4) is 5.75 Å². The number of aryl methyl sites for hydroxylation is 1. The Labute approximate surface area is 92.1 Å². The van der Waals surface area contributed by atoms with Crippen LogP contribution in [0.3, 0.4) is 0 Å². The molecule has 0 aliphatic heterocycles. The largest absolute Gasteiger partial charge is 0.489 e. The average Bonchev–Trinajstić information content (AvgIpc) is 2.73. The van der Waals surface area contributed by atoms with Gasteiger partial charge in [0.2, 0.25) is 0 Å². The molecule has 3 heteroatoms. The van der Waals surface area contributed by atoms with Gasteiger partial charge < -0.3 is 4.74 Å². The molecule has 2 aromatic rings. The minimum atomic E-state index is -0.224. The minimum Gasteiger partial charge on any atom is -0.489 e. The van der Waals surface area contributed by atoms with Gasteiger partial charge in [-0.25, -0.2) is 4.39 Å². The van der Waals surface area contributed by atoms with Crippen molar-refractivity contribution in [1.82, 2.24) is 0 Å². The summed E-state index contributed by atoms with van der Waals surface area (Å²) in [4.78, 5) is 0. The highest BCUT2D eigenvalue weighted by Gasteiger charge is 2.00. The molecule has 78 valence electrons. The van der Waals surface area contributed by atoms with Gasteiger partial charge in [-0.3, -0.25) is 0 Å². The van der Waals surface area contributed by atoms with E-state index in [0.717, 1.165) is 5.56 Å². The maximum absolute atomic E-state index is 13.2. The highest BCUT2D eigenvalue weighted by atomic mass is 32.1. The Morgan fingerprint density at radius 2 is 2.20 bits per heavy atom. The van der Waals surface area contributed by atoms with Crippen LogP contribution >= 0.6 is 11.3 Å². The van der Waals surface area contributed by atoms with Crippen molar-refractivity contribution in [2.75, 3.05) is 0 Å². The molecule has 0 unspecified atom stereocenters. The number of hydrogen-bond donors (Lipinski definition) is 0.